The minimum atomic E-state index is -0.692. The number of nitriles is 1. The van der Waals surface area contributed by atoms with Crippen molar-refractivity contribution < 1.29 is 9.53 Å². The summed E-state index contributed by atoms with van der Waals surface area (Å²) in [5, 5.41) is 9.04. The van der Waals surface area contributed by atoms with Gasteiger partial charge in [0.2, 0.25) is 0 Å². The Kier molecular flexibility index (Phi) is 5.60. The molecule has 0 spiro atoms. The lowest BCUT2D eigenvalue weighted by Crippen LogP contribution is -2.16. The molecule has 0 saturated heterocycles. The van der Waals surface area contributed by atoms with E-state index in [0.717, 1.165) is 12.2 Å². The molecule has 0 saturated carbocycles. The largest absolute Gasteiger partial charge is 0.462 e. The molecule has 20 heavy (non-hydrogen) atoms. The molecule has 2 N–H and O–H groups in total. The van der Waals surface area contributed by atoms with Crippen molar-refractivity contribution in [2.45, 2.75) is 13.8 Å². The lowest BCUT2D eigenvalue weighted by atomic mass is 10.1. The quantitative estimate of drug-likeness (QED) is 0.503. The van der Waals surface area contributed by atoms with Gasteiger partial charge in [0.25, 0.3) is 0 Å². The number of carbonyl (C=O) groups excluding carboxylic acids is 1. The first-order valence-electron chi connectivity index (χ1n) is 6.43. The Hall–Kier alpha value is -2.48. The van der Waals surface area contributed by atoms with Crippen LogP contribution < -0.4 is 10.6 Å². The molecule has 0 amide bonds. The second-order valence-electron chi connectivity index (χ2n) is 4.18. The molecular formula is C15H19N3O2. The maximum atomic E-state index is 11.6. The van der Waals surface area contributed by atoms with Gasteiger partial charge in [-0.3, -0.25) is 0 Å². The number of nitrogens with two attached hydrogens (primary N) is 1. The molecule has 1 aromatic carbocycles. The topological polar surface area (TPSA) is 79.3 Å². The van der Waals surface area contributed by atoms with E-state index in [2.05, 4.69) is 11.8 Å². The summed E-state index contributed by atoms with van der Waals surface area (Å²) in [6.45, 7) is 4.82. The van der Waals surface area contributed by atoms with E-state index in [1.807, 2.05) is 19.2 Å². The van der Waals surface area contributed by atoms with Crippen molar-refractivity contribution in [3.8, 4) is 6.07 Å². The first kappa shape index (κ1) is 15.6. The summed E-state index contributed by atoms with van der Waals surface area (Å²) in [4.78, 5) is 13.7. The number of esters is 1. The normalized spacial score (nSPS) is 11.3. The van der Waals surface area contributed by atoms with Crippen LogP contribution in [0.2, 0.25) is 0 Å². The third-order valence-electron chi connectivity index (χ3n) is 2.95. The lowest BCUT2D eigenvalue weighted by Gasteiger charge is -2.17. The Bertz CT molecular complexity index is 541. The Morgan fingerprint density at radius 1 is 1.35 bits per heavy atom. The summed E-state index contributed by atoms with van der Waals surface area (Å²) in [7, 11) is 1.98. The lowest BCUT2D eigenvalue weighted by molar-refractivity contribution is -0.137. The molecule has 0 aromatic heterocycles. The summed E-state index contributed by atoms with van der Waals surface area (Å²) in [6.07, 6.45) is 0. The Labute approximate surface area is 119 Å². The first-order valence-corrected chi connectivity index (χ1v) is 6.43. The maximum Gasteiger partial charge on any atom is 0.351 e. The third-order valence-corrected chi connectivity index (χ3v) is 2.95. The van der Waals surface area contributed by atoms with E-state index in [-0.39, 0.29) is 17.9 Å². The van der Waals surface area contributed by atoms with E-state index in [1.54, 1.807) is 25.1 Å². The maximum absolute atomic E-state index is 11.6. The number of benzene rings is 1. The smallest absolute Gasteiger partial charge is 0.351 e. The molecule has 106 valence electrons. The van der Waals surface area contributed by atoms with Crippen LogP contribution in [0, 0.1) is 11.3 Å². The molecule has 0 aliphatic carbocycles. The van der Waals surface area contributed by atoms with Crippen molar-refractivity contribution in [3.63, 3.8) is 0 Å². The fourth-order valence-corrected chi connectivity index (χ4v) is 1.64. The van der Waals surface area contributed by atoms with Crippen molar-refractivity contribution in [3.05, 3.63) is 35.4 Å². The van der Waals surface area contributed by atoms with Gasteiger partial charge in [-0.05, 0) is 31.5 Å². The average molecular weight is 273 g/mol. The van der Waals surface area contributed by atoms with Crippen molar-refractivity contribution in [1.29, 1.82) is 5.26 Å². The van der Waals surface area contributed by atoms with E-state index < -0.39 is 5.97 Å². The van der Waals surface area contributed by atoms with Crippen LogP contribution in [0.5, 0.6) is 0 Å². The number of carbonyl (C=O) groups is 1. The van der Waals surface area contributed by atoms with Gasteiger partial charge in [-0.2, -0.15) is 5.26 Å². The van der Waals surface area contributed by atoms with E-state index in [0.29, 0.717) is 5.56 Å². The Morgan fingerprint density at radius 3 is 2.40 bits per heavy atom. The standard InChI is InChI=1S/C15H19N3O2/c1-4-18(3)12-8-6-11(7-9-12)14(17)13(10-16)15(19)20-5-2/h6-9H,4-5,17H2,1-3H3. The number of ether oxygens (including phenoxy) is 1. The first-order chi connectivity index (χ1) is 9.54. The van der Waals surface area contributed by atoms with Crippen LogP contribution in [0.1, 0.15) is 19.4 Å². The summed E-state index contributed by atoms with van der Waals surface area (Å²) in [5.41, 5.74) is 7.52. The molecule has 1 rings (SSSR count). The van der Waals surface area contributed by atoms with Gasteiger partial charge in [0, 0.05) is 19.3 Å². The van der Waals surface area contributed by atoms with Gasteiger partial charge in [0.1, 0.15) is 6.07 Å². The number of rotatable bonds is 5. The molecule has 1 aromatic rings. The van der Waals surface area contributed by atoms with Gasteiger partial charge < -0.3 is 15.4 Å². The molecule has 5 heteroatoms. The van der Waals surface area contributed by atoms with E-state index in [9.17, 15) is 4.79 Å². The van der Waals surface area contributed by atoms with Crippen LogP contribution >= 0.6 is 0 Å². The monoisotopic (exact) mass is 273 g/mol. The van der Waals surface area contributed by atoms with E-state index in [4.69, 9.17) is 15.7 Å². The number of anilines is 1. The SMILES string of the molecule is CCOC(=O)C(C#N)=C(N)c1ccc(N(C)CC)cc1. The zero-order chi connectivity index (χ0) is 15.1. The van der Waals surface area contributed by atoms with Crippen molar-refractivity contribution in [2.75, 3.05) is 25.1 Å². The van der Waals surface area contributed by atoms with E-state index >= 15 is 0 Å². The highest BCUT2D eigenvalue weighted by Crippen LogP contribution is 2.19. The van der Waals surface area contributed by atoms with Gasteiger partial charge >= 0.3 is 5.97 Å². The van der Waals surface area contributed by atoms with E-state index in [1.165, 1.54) is 0 Å². The van der Waals surface area contributed by atoms with Crippen molar-refractivity contribution in [1.82, 2.24) is 0 Å². The minimum Gasteiger partial charge on any atom is -0.462 e. The summed E-state index contributed by atoms with van der Waals surface area (Å²) in [6, 6.07) is 9.16. The fraction of sp³-hybridized carbons (Fsp3) is 0.333. The van der Waals surface area contributed by atoms with Crippen LogP contribution in [-0.4, -0.2) is 26.2 Å². The van der Waals surface area contributed by atoms with Gasteiger partial charge in [0.05, 0.1) is 12.3 Å². The Morgan fingerprint density at radius 2 is 1.95 bits per heavy atom. The predicted molar refractivity (Wildman–Crippen MR) is 78.7 cm³/mol. The molecule has 0 aliphatic rings. The zero-order valence-electron chi connectivity index (χ0n) is 12.0. The molecule has 0 bridgehead atoms. The van der Waals surface area contributed by atoms with Crippen molar-refractivity contribution >= 4 is 17.4 Å². The molecule has 0 fully saturated rings. The number of nitrogens with zero attached hydrogens (tertiary/aromatic N) is 2. The molecule has 0 heterocycles. The summed E-state index contributed by atoms with van der Waals surface area (Å²) < 4.78 is 4.81. The van der Waals surface area contributed by atoms with Crippen LogP contribution in [0.25, 0.3) is 5.70 Å². The molecule has 0 unspecified atom stereocenters. The second kappa shape index (κ2) is 7.19. The average Bonchev–Trinajstić information content (AvgIpc) is 2.47. The van der Waals surface area contributed by atoms with Crippen molar-refractivity contribution in [2.24, 2.45) is 5.73 Å². The molecule has 0 aliphatic heterocycles. The van der Waals surface area contributed by atoms with Gasteiger partial charge in [-0.25, -0.2) is 4.79 Å². The van der Waals surface area contributed by atoms with Crippen LogP contribution in [0.4, 0.5) is 5.69 Å². The summed E-state index contributed by atoms with van der Waals surface area (Å²) >= 11 is 0. The number of hydrogen-bond acceptors (Lipinski definition) is 5. The van der Waals surface area contributed by atoms with Crippen LogP contribution in [-0.2, 0) is 9.53 Å². The van der Waals surface area contributed by atoms with Gasteiger partial charge in [-0.15, -0.1) is 0 Å². The predicted octanol–water partition coefficient (Wildman–Crippen LogP) is 1.90. The highest BCUT2D eigenvalue weighted by Gasteiger charge is 2.15. The second-order valence-corrected chi connectivity index (χ2v) is 4.18. The molecule has 0 radical (unpaired) electrons. The highest BCUT2D eigenvalue weighted by molar-refractivity contribution is 6.01. The molecule has 0 atom stereocenters. The Balaban J connectivity index is 3.09. The fourth-order valence-electron chi connectivity index (χ4n) is 1.64. The number of hydrogen-bond donors (Lipinski definition) is 1. The third kappa shape index (κ3) is 3.51. The molecular weight excluding hydrogens is 254 g/mol. The van der Waals surface area contributed by atoms with Crippen LogP contribution in [0.3, 0.4) is 0 Å². The minimum absolute atomic E-state index is 0.136. The highest BCUT2D eigenvalue weighted by atomic mass is 16.5. The van der Waals surface area contributed by atoms with Gasteiger partial charge in [-0.1, -0.05) is 12.1 Å². The molecule has 5 nitrogen and oxygen atoms in total. The van der Waals surface area contributed by atoms with Gasteiger partial charge in [0.15, 0.2) is 5.57 Å². The zero-order valence-corrected chi connectivity index (χ0v) is 12.0. The summed E-state index contributed by atoms with van der Waals surface area (Å²) in [5.74, 6) is -0.692. The van der Waals surface area contributed by atoms with Crippen LogP contribution in [0.15, 0.2) is 29.8 Å².